The van der Waals surface area contributed by atoms with Gasteiger partial charge in [-0.1, -0.05) is 44.2 Å². The van der Waals surface area contributed by atoms with Crippen LogP contribution < -0.4 is 5.56 Å². The Morgan fingerprint density at radius 3 is 2.47 bits per heavy atom. The lowest BCUT2D eigenvalue weighted by molar-refractivity contribution is -0.124. The van der Waals surface area contributed by atoms with Gasteiger partial charge in [-0.3, -0.25) is 9.59 Å². The lowest BCUT2D eigenvalue weighted by Crippen LogP contribution is -2.59. The molecule has 2 saturated heterocycles. The third-order valence-electron chi connectivity index (χ3n) is 7.00. The minimum Gasteiger partial charge on any atom is -0.387 e. The van der Waals surface area contributed by atoms with Crippen LogP contribution in [-0.2, 0) is 11.3 Å². The van der Waals surface area contributed by atoms with Crippen LogP contribution in [0.2, 0.25) is 0 Å². The number of hydrogen-bond donors (Lipinski definition) is 1. The van der Waals surface area contributed by atoms with Crippen molar-refractivity contribution >= 4 is 5.91 Å². The number of hydrogen-bond acceptors (Lipinski definition) is 5. The van der Waals surface area contributed by atoms with Gasteiger partial charge in [-0.2, -0.15) is 0 Å². The van der Waals surface area contributed by atoms with Crippen LogP contribution in [0.4, 0.5) is 0 Å². The predicted molar refractivity (Wildman–Crippen MR) is 124 cm³/mol. The van der Waals surface area contributed by atoms with E-state index in [1.54, 1.807) is 11.1 Å². The van der Waals surface area contributed by atoms with Gasteiger partial charge in [0.2, 0.25) is 0 Å². The van der Waals surface area contributed by atoms with Crippen molar-refractivity contribution in [2.24, 2.45) is 5.41 Å². The van der Waals surface area contributed by atoms with Crippen molar-refractivity contribution in [3.8, 4) is 11.1 Å². The summed E-state index contributed by atoms with van der Waals surface area (Å²) >= 11 is 0. The second kappa shape index (κ2) is 8.81. The summed E-state index contributed by atoms with van der Waals surface area (Å²) < 4.78 is 6.92. The van der Waals surface area contributed by atoms with Crippen molar-refractivity contribution in [1.29, 1.82) is 0 Å². The van der Waals surface area contributed by atoms with Gasteiger partial charge in [-0.15, -0.1) is 0 Å². The zero-order valence-corrected chi connectivity index (χ0v) is 19.2. The smallest absolute Gasteiger partial charge is 0.256 e. The number of aliphatic hydroxyl groups is 1. The molecule has 2 fully saturated rings. The molecule has 32 heavy (non-hydrogen) atoms. The molecule has 2 aliphatic rings. The number of rotatable bonds is 4. The minimum absolute atomic E-state index is 0.115. The highest BCUT2D eigenvalue weighted by atomic mass is 16.5. The van der Waals surface area contributed by atoms with E-state index in [1.807, 2.05) is 51.2 Å². The fourth-order valence-electron chi connectivity index (χ4n) is 4.85. The Balaban J connectivity index is 1.76. The van der Waals surface area contributed by atoms with Crippen molar-refractivity contribution in [2.45, 2.75) is 32.4 Å². The van der Waals surface area contributed by atoms with Gasteiger partial charge in [-0.05, 0) is 19.0 Å². The number of nitrogens with zero attached hydrogens (tertiary/aromatic N) is 3. The third kappa shape index (κ3) is 4.37. The molecule has 2 aliphatic heterocycles. The quantitative estimate of drug-likeness (QED) is 0.790. The lowest BCUT2D eigenvalue weighted by Gasteiger charge is -2.49. The molecule has 4 rings (SSSR count). The number of carbonyl (C=O) groups excluding carboxylic acids is 1. The molecule has 172 valence electrons. The summed E-state index contributed by atoms with van der Waals surface area (Å²) in [6.07, 6.45) is 2.21. The molecule has 0 saturated carbocycles. The molecular formula is C25H33N3O4. The van der Waals surface area contributed by atoms with Crippen LogP contribution in [0.25, 0.3) is 11.1 Å². The highest BCUT2D eigenvalue weighted by molar-refractivity contribution is 6.00. The number of ether oxygens (including phenoxy) is 1. The monoisotopic (exact) mass is 439 g/mol. The Bertz CT molecular complexity index is 1030. The van der Waals surface area contributed by atoms with Crippen LogP contribution in [0.15, 0.2) is 47.4 Å². The zero-order chi connectivity index (χ0) is 22.9. The number of piperidine rings is 1. The molecule has 7 nitrogen and oxygen atoms in total. The first kappa shape index (κ1) is 22.7. The Labute approximate surface area is 189 Å². The average molecular weight is 440 g/mol. The van der Waals surface area contributed by atoms with Crippen molar-refractivity contribution in [2.75, 3.05) is 46.4 Å². The first-order chi connectivity index (χ1) is 15.2. The van der Waals surface area contributed by atoms with Gasteiger partial charge in [0.05, 0.1) is 30.9 Å². The number of pyridine rings is 1. The van der Waals surface area contributed by atoms with Crippen molar-refractivity contribution in [3.05, 3.63) is 58.5 Å². The second-order valence-electron chi connectivity index (χ2n) is 9.74. The molecule has 0 aliphatic carbocycles. The molecule has 7 heteroatoms. The van der Waals surface area contributed by atoms with E-state index in [4.69, 9.17) is 4.74 Å². The number of benzene rings is 1. The highest BCUT2D eigenvalue weighted by Crippen LogP contribution is 2.39. The molecule has 2 aromatic rings. The first-order valence-corrected chi connectivity index (χ1v) is 11.3. The standard InChI is InChI=1S/C25H33N3O4/c1-24(2)17-26(3)10-9-25(24,31)18-28-16-21(23(30)27-11-13-32-14-12-27)20(15-22(28)29)19-7-5-4-6-8-19/h4-8,15-16,31H,9-14,17-18H2,1-3H3. The van der Waals surface area contributed by atoms with E-state index in [-0.39, 0.29) is 18.0 Å². The van der Waals surface area contributed by atoms with E-state index in [0.717, 1.165) is 18.7 Å². The van der Waals surface area contributed by atoms with Gasteiger partial charge in [0.1, 0.15) is 0 Å². The summed E-state index contributed by atoms with van der Waals surface area (Å²) in [6, 6.07) is 11.0. The molecular weight excluding hydrogens is 406 g/mol. The topological polar surface area (TPSA) is 75.0 Å². The summed E-state index contributed by atoms with van der Waals surface area (Å²) in [5, 5.41) is 11.6. The SMILES string of the molecule is CN1CCC(O)(Cn2cc(C(=O)N3CCOCC3)c(-c3ccccc3)cc2=O)C(C)(C)C1. The maximum atomic E-state index is 13.5. The Kier molecular flexibility index (Phi) is 6.25. The molecule has 1 unspecified atom stereocenters. The van der Waals surface area contributed by atoms with Crippen LogP contribution in [0, 0.1) is 5.41 Å². The van der Waals surface area contributed by atoms with Crippen LogP contribution in [-0.4, -0.2) is 77.4 Å². The van der Waals surface area contributed by atoms with E-state index in [0.29, 0.717) is 43.9 Å². The normalized spacial score (nSPS) is 23.8. The molecule has 1 N–H and O–H groups in total. The van der Waals surface area contributed by atoms with Crippen LogP contribution in [0.3, 0.4) is 0 Å². The van der Waals surface area contributed by atoms with Gasteiger partial charge in [0.15, 0.2) is 0 Å². The van der Waals surface area contributed by atoms with Crippen molar-refractivity contribution in [1.82, 2.24) is 14.4 Å². The van der Waals surface area contributed by atoms with E-state index >= 15 is 0 Å². The number of carbonyl (C=O) groups is 1. The summed E-state index contributed by atoms with van der Waals surface area (Å²) in [5.74, 6) is -0.115. The van der Waals surface area contributed by atoms with Crippen LogP contribution in [0.1, 0.15) is 30.6 Å². The van der Waals surface area contributed by atoms with Gasteiger partial charge in [0.25, 0.3) is 11.5 Å². The molecule has 0 bridgehead atoms. The van der Waals surface area contributed by atoms with E-state index in [1.165, 1.54) is 10.6 Å². The van der Waals surface area contributed by atoms with Crippen molar-refractivity contribution in [3.63, 3.8) is 0 Å². The summed E-state index contributed by atoms with van der Waals surface area (Å²) in [5.41, 5.74) is 0.269. The predicted octanol–water partition coefficient (Wildman–Crippen LogP) is 2.08. The summed E-state index contributed by atoms with van der Waals surface area (Å²) in [7, 11) is 2.04. The summed E-state index contributed by atoms with van der Waals surface area (Å²) in [4.78, 5) is 30.6. The van der Waals surface area contributed by atoms with E-state index in [2.05, 4.69) is 4.90 Å². The van der Waals surface area contributed by atoms with Gasteiger partial charge in [0, 0.05) is 49.4 Å². The van der Waals surface area contributed by atoms with Gasteiger partial charge in [-0.25, -0.2) is 0 Å². The fraction of sp³-hybridized carbons (Fsp3) is 0.520. The first-order valence-electron chi connectivity index (χ1n) is 11.3. The van der Waals surface area contributed by atoms with Gasteiger partial charge < -0.3 is 24.2 Å². The molecule has 0 radical (unpaired) electrons. The maximum Gasteiger partial charge on any atom is 0.256 e. The highest BCUT2D eigenvalue weighted by Gasteiger charge is 2.47. The number of amides is 1. The Morgan fingerprint density at radius 2 is 1.81 bits per heavy atom. The van der Waals surface area contributed by atoms with E-state index < -0.39 is 11.0 Å². The van der Waals surface area contributed by atoms with Crippen LogP contribution in [0.5, 0.6) is 0 Å². The molecule has 1 aromatic heterocycles. The fourth-order valence-corrected chi connectivity index (χ4v) is 4.85. The lowest BCUT2D eigenvalue weighted by atomic mass is 9.70. The van der Waals surface area contributed by atoms with Crippen LogP contribution >= 0.6 is 0 Å². The third-order valence-corrected chi connectivity index (χ3v) is 7.00. The Hall–Kier alpha value is -2.48. The van der Waals surface area contributed by atoms with Gasteiger partial charge >= 0.3 is 0 Å². The molecule has 1 atom stereocenters. The van der Waals surface area contributed by atoms with Crippen molar-refractivity contribution < 1.29 is 14.6 Å². The number of aromatic nitrogens is 1. The molecule has 1 amide bonds. The second-order valence-corrected chi connectivity index (χ2v) is 9.74. The van der Waals surface area contributed by atoms with E-state index in [9.17, 15) is 14.7 Å². The summed E-state index contributed by atoms with van der Waals surface area (Å²) in [6.45, 7) is 7.78. The average Bonchev–Trinajstić information content (AvgIpc) is 2.78. The number of likely N-dealkylation sites (tertiary alicyclic amines) is 1. The zero-order valence-electron chi connectivity index (χ0n) is 19.2. The molecule has 1 aromatic carbocycles. The molecule has 0 spiro atoms. The maximum absolute atomic E-state index is 13.5. The number of morpholine rings is 1. The largest absolute Gasteiger partial charge is 0.387 e. The minimum atomic E-state index is -1.04. The molecule has 3 heterocycles. The Morgan fingerprint density at radius 1 is 1.12 bits per heavy atom.